The summed E-state index contributed by atoms with van der Waals surface area (Å²) in [4.78, 5) is 25.4. The van der Waals surface area contributed by atoms with Crippen LogP contribution in [0.5, 0.6) is 0 Å². The lowest BCUT2D eigenvalue weighted by Gasteiger charge is -2.37. The lowest BCUT2D eigenvalue weighted by molar-refractivity contribution is -0.150. The monoisotopic (exact) mass is 333 g/mol. The van der Waals surface area contributed by atoms with Gasteiger partial charge >= 0.3 is 5.97 Å². The molecular formula is C13H19NO5S2. The van der Waals surface area contributed by atoms with Crippen LogP contribution in [-0.2, 0) is 19.4 Å². The van der Waals surface area contributed by atoms with Gasteiger partial charge in [0.05, 0.1) is 11.8 Å². The van der Waals surface area contributed by atoms with Crippen LogP contribution >= 0.6 is 11.8 Å². The van der Waals surface area contributed by atoms with Gasteiger partial charge in [0, 0.05) is 24.3 Å². The summed E-state index contributed by atoms with van der Waals surface area (Å²) in [6, 6.07) is 0. The molecule has 0 bridgehead atoms. The quantitative estimate of drug-likeness (QED) is 0.761. The molecule has 0 saturated carbocycles. The maximum atomic E-state index is 12.7. The van der Waals surface area contributed by atoms with Gasteiger partial charge in [-0.15, -0.1) is 0 Å². The highest BCUT2D eigenvalue weighted by Gasteiger charge is 2.41. The van der Waals surface area contributed by atoms with E-state index in [4.69, 9.17) is 0 Å². The van der Waals surface area contributed by atoms with E-state index in [-0.39, 0.29) is 5.91 Å². The number of thioether (sulfide) groups is 1. The summed E-state index contributed by atoms with van der Waals surface area (Å²) < 4.78 is 23.7. The lowest BCUT2D eigenvalue weighted by Crippen LogP contribution is -2.53. The number of hydrogen-bond donors (Lipinski definition) is 1. The van der Waals surface area contributed by atoms with Crippen LogP contribution in [0, 0.1) is 11.8 Å². The Morgan fingerprint density at radius 1 is 1.24 bits per heavy atom. The molecule has 2 aliphatic rings. The number of sulfone groups is 1. The molecule has 1 saturated heterocycles. The van der Waals surface area contributed by atoms with Crippen molar-refractivity contribution >= 4 is 33.5 Å². The Hall–Kier alpha value is -1.02. The topological polar surface area (TPSA) is 91.8 Å². The van der Waals surface area contributed by atoms with Crippen molar-refractivity contribution in [1.29, 1.82) is 0 Å². The van der Waals surface area contributed by atoms with Crippen molar-refractivity contribution < 1.29 is 23.1 Å². The molecule has 1 aliphatic heterocycles. The van der Waals surface area contributed by atoms with Crippen molar-refractivity contribution in [3.63, 3.8) is 0 Å². The summed E-state index contributed by atoms with van der Waals surface area (Å²) in [5.74, 6) is -1.75. The molecule has 6 nitrogen and oxygen atoms in total. The number of carboxylic acid groups (broad SMARTS) is 1. The second-order valence-electron chi connectivity index (χ2n) is 5.38. The molecule has 21 heavy (non-hydrogen) atoms. The molecule has 3 unspecified atom stereocenters. The molecule has 1 amide bonds. The summed E-state index contributed by atoms with van der Waals surface area (Å²) >= 11 is 1.50. The maximum Gasteiger partial charge on any atom is 0.307 e. The number of carbonyl (C=O) groups excluding carboxylic acids is 1. The first-order chi connectivity index (χ1) is 9.82. The molecular weight excluding hydrogens is 314 g/mol. The molecule has 1 heterocycles. The number of rotatable bonds is 3. The van der Waals surface area contributed by atoms with E-state index in [9.17, 15) is 23.1 Å². The molecule has 0 spiro atoms. The van der Waals surface area contributed by atoms with Crippen molar-refractivity contribution in [2.45, 2.75) is 18.2 Å². The molecule has 1 fully saturated rings. The fourth-order valence-electron chi connectivity index (χ4n) is 2.76. The van der Waals surface area contributed by atoms with Crippen molar-refractivity contribution in [2.24, 2.45) is 11.8 Å². The zero-order chi connectivity index (χ0) is 15.6. The van der Waals surface area contributed by atoms with Gasteiger partial charge in [0.2, 0.25) is 5.91 Å². The van der Waals surface area contributed by atoms with Crippen LogP contribution in [-0.4, -0.2) is 60.0 Å². The van der Waals surface area contributed by atoms with Gasteiger partial charge in [-0.3, -0.25) is 9.59 Å². The number of nitrogens with zero attached hydrogens (tertiary/aromatic N) is 1. The molecule has 1 aliphatic carbocycles. The zero-order valence-corrected chi connectivity index (χ0v) is 13.4. The number of carboxylic acids is 1. The second-order valence-corrected chi connectivity index (χ2v) is 8.74. The molecule has 8 heteroatoms. The minimum absolute atomic E-state index is 0.317. The Kier molecular flexibility index (Phi) is 4.98. The van der Waals surface area contributed by atoms with E-state index >= 15 is 0 Å². The standard InChI is InChI=1S/C13H19NO5S2/c1-21(18,19)11-8-20-7-6-14(11)12(15)9-4-2-3-5-10(9)13(16)17/h2-3,9-11H,4-8H2,1H3,(H,16,17). The number of carbonyl (C=O) groups is 2. The minimum atomic E-state index is -3.38. The SMILES string of the molecule is CS(=O)(=O)C1CSCCN1C(=O)C1CC=CCC1C(=O)O. The van der Waals surface area contributed by atoms with Crippen molar-refractivity contribution in [3.05, 3.63) is 12.2 Å². The largest absolute Gasteiger partial charge is 0.481 e. The Bertz CT molecular complexity index is 557. The zero-order valence-electron chi connectivity index (χ0n) is 11.8. The average Bonchev–Trinajstić information content (AvgIpc) is 2.45. The van der Waals surface area contributed by atoms with Crippen LogP contribution in [0.4, 0.5) is 0 Å². The summed E-state index contributed by atoms with van der Waals surface area (Å²) in [6.07, 6.45) is 5.37. The Morgan fingerprint density at radius 2 is 1.86 bits per heavy atom. The predicted octanol–water partition coefficient (Wildman–Crippen LogP) is 0.599. The smallest absolute Gasteiger partial charge is 0.307 e. The number of hydrogen-bond acceptors (Lipinski definition) is 5. The first-order valence-electron chi connectivity index (χ1n) is 6.77. The molecule has 0 aromatic carbocycles. The van der Waals surface area contributed by atoms with Gasteiger partial charge in [-0.05, 0) is 12.8 Å². The normalized spacial score (nSPS) is 30.1. The van der Waals surface area contributed by atoms with Crippen LogP contribution in [0.2, 0.25) is 0 Å². The van der Waals surface area contributed by atoms with Crippen LogP contribution in [0.15, 0.2) is 12.2 Å². The molecule has 0 radical (unpaired) electrons. The van der Waals surface area contributed by atoms with Crippen molar-refractivity contribution in [2.75, 3.05) is 24.3 Å². The summed E-state index contributed by atoms with van der Waals surface area (Å²) in [5, 5.41) is 8.41. The van der Waals surface area contributed by atoms with Gasteiger partial charge in [-0.2, -0.15) is 11.8 Å². The molecule has 3 atom stereocenters. The van der Waals surface area contributed by atoms with E-state index in [1.165, 1.54) is 16.7 Å². The van der Waals surface area contributed by atoms with Gasteiger partial charge in [0.1, 0.15) is 5.37 Å². The highest BCUT2D eigenvalue weighted by Crippen LogP contribution is 2.30. The van der Waals surface area contributed by atoms with E-state index in [1.54, 1.807) is 12.2 Å². The van der Waals surface area contributed by atoms with Gasteiger partial charge in [-0.25, -0.2) is 8.42 Å². The summed E-state index contributed by atoms with van der Waals surface area (Å²) in [6.45, 7) is 0.355. The first kappa shape index (κ1) is 16.4. The number of allylic oxidation sites excluding steroid dienone is 2. The Balaban J connectivity index is 2.24. The third-order valence-electron chi connectivity index (χ3n) is 3.93. The van der Waals surface area contributed by atoms with Crippen LogP contribution in [0.3, 0.4) is 0 Å². The Labute approximate surface area is 128 Å². The number of aliphatic carboxylic acids is 1. The first-order valence-corrected chi connectivity index (χ1v) is 9.88. The van der Waals surface area contributed by atoms with Crippen molar-refractivity contribution in [3.8, 4) is 0 Å². The van der Waals surface area contributed by atoms with E-state index in [0.29, 0.717) is 30.9 Å². The average molecular weight is 333 g/mol. The lowest BCUT2D eigenvalue weighted by atomic mass is 9.82. The van der Waals surface area contributed by atoms with E-state index < -0.39 is 33.0 Å². The van der Waals surface area contributed by atoms with E-state index in [0.717, 1.165) is 6.26 Å². The van der Waals surface area contributed by atoms with E-state index in [2.05, 4.69) is 0 Å². The fraction of sp³-hybridized carbons (Fsp3) is 0.692. The minimum Gasteiger partial charge on any atom is -0.481 e. The van der Waals surface area contributed by atoms with Crippen LogP contribution < -0.4 is 0 Å². The van der Waals surface area contributed by atoms with Gasteiger partial charge in [-0.1, -0.05) is 12.2 Å². The molecule has 1 N–H and O–H groups in total. The van der Waals surface area contributed by atoms with Gasteiger partial charge < -0.3 is 10.0 Å². The number of amides is 1. The van der Waals surface area contributed by atoms with Gasteiger partial charge in [0.15, 0.2) is 9.84 Å². The third-order valence-corrected chi connectivity index (χ3v) is 6.57. The van der Waals surface area contributed by atoms with E-state index in [1.807, 2.05) is 0 Å². The summed E-state index contributed by atoms with van der Waals surface area (Å²) in [7, 11) is -3.38. The highest BCUT2D eigenvalue weighted by atomic mass is 32.2. The fourth-order valence-corrected chi connectivity index (χ4v) is 5.58. The van der Waals surface area contributed by atoms with Crippen LogP contribution in [0.1, 0.15) is 12.8 Å². The predicted molar refractivity (Wildman–Crippen MR) is 80.7 cm³/mol. The van der Waals surface area contributed by atoms with Crippen LogP contribution in [0.25, 0.3) is 0 Å². The third kappa shape index (κ3) is 3.60. The maximum absolute atomic E-state index is 12.7. The molecule has 2 rings (SSSR count). The molecule has 118 valence electrons. The van der Waals surface area contributed by atoms with Crippen molar-refractivity contribution in [1.82, 2.24) is 4.90 Å². The summed E-state index contributed by atoms with van der Waals surface area (Å²) in [5.41, 5.74) is 0. The second kappa shape index (κ2) is 6.39. The highest BCUT2D eigenvalue weighted by molar-refractivity contribution is 8.00. The molecule has 0 aromatic rings. The van der Waals surface area contributed by atoms with Gasteiger partial charge in [0.25, 0.3) is 0 Å². The Morgan fingerprint density at radius 3 is 2.43 bits per heavy atom. The molecule has 0 aromatic heterocycles.